The van der Waals surface area contributed by atoms with Crippen LogP contribution in [0.3, 0.4) is 0 Å². The number of piperidine rings is 1. The quantitative estimate of drug-likeness (QED) is 0.791. The molecule has 4 heteroatoms. The summed E-state index contributed by atoms with van der Waals surface area (Å²) >= 11 is 0. The van der Waals surface area contributed by atoms with Crippen molar-refractivity contribution >= 4 is 5.78 Å². The molecule has 1 aliphatic rings. The highest BCUT2D eigenvalue weighted by atomic mass is 16.5. The van der Waals surface area contributed by atoms with E-state index in [1.807, 2.05) is 30.3 Å². The second-order valence-corrected chi connectivity index (χ2v) is 6.96. The number of hydrogen-bond donors (Lipinski definition) is 0. The standard InChI is InChI=1S/C22H27NO3/c1-17(24)22(19-7-5-4-6-8-19)11-13-23(14-12-22)16-18-9-10-20(25-2)15-21(18)26-3/h4-10,15H,11-14,16H2,1-3H3. The predicted octanol–water partition coefficient (Wildman–Crippen LogP) is 3.83. The minimum absolute atomic E-state index is 0.269. The number of rotatable bonds is 6. The predicted molar refractivity (Wildman–Crippen MR) is 103 cm³/mol. The topological polar surface area (TPSA) is 38.8 Å². The van der Waals surface area contributed by atoms with E-state index in [0.717, 1.165) is 55.1 Å². The number of ether oxygens (including phenoxy) is 2. The first-order valence-electron chi connectivity index (χ1n) is 9.09. The van der Waals surface area contributed by atoms with Crippen molar-refractivity contribution in [2.45, 2.75) is 31.7 Å². The Kier molecular flexibility index (Phi) is 5.62. The molecule has 138 valence electrons. The molecular weight excluding hydrogens is 326 g/mol. The maximum atomic E-state index is 12.5. The van der Waals surface area contributed by atoms with Crippen molar-refractivity contribution in [2.24, 2.45) is 0 Å². The van der Waals surface area contributed by atoms with Gasteiger partial charge in [-0.05, 0) is 44.5 Å². The fraction of sp³-hybridized carbons (Fsp3) is 0.409. The van der Waals surface area contributed by atoms with Crippen LogP contribution in [0.25, 0.3) is 0 Å². The summed E-state index contributed by atoms with van der Waals surface area (Å²) in [6.45, 7) is 4.33. The first kappa shape index (κ1) is 18.5. The van der Waals surface area contributed by atoms with Crippen LogP contribution in [0.15, 0.2) is 48.5 Å². The lowest BCUT2D eigenvalue weighted by Gasteiger charge is -2.40. The lowest BCUT2D eigenvalue weighted by Crippen LogP contribution is -2.46. The second-order valence-electron chi connectivity index (χ2n) is 6.96. The van der Waals surface area contributed by atoms with Gasteiger partial charge in [-0.2, -0.15) is 0 Å². The minimum Gasteiger partial charge on any atom is -0.497 e. The number of hydrogen-bond acceptors (Lipinski definition) is 4. The van der Waals surface area contributed by atoms with Crippen LogP contribution in [-0.2, 0) is 16.8 Å². The van der Waals surface area contributed by atoms with Crippen LogP contribution in [0.1, 0.15) is 30.9 Å². The molecular formula is C22H27NO3. The zero-order chi connectivity index (χ0) is 18.6. The first-order chi connectivity index (χ1) is 12.6. The van der Waals surface area contributed by atoms with Crippen LogP contribution < -0.4 is 9.47 Å². The molecule has 2 aromatic carbocycles. The lowest BCUT2D eigenvalue weighted by atomic mass is 9.70. The number of likely N-dealkylation sites (tertiary alicyclic amines) is 1. The van der Waals surface area contributed by atoms with Gasteiger partial charge in [-0.15, -0.1) is 0 Å². The maximum Gasteiger partial charge on any atom is 0.140 e. The van der Waals surface area contributed by atoms with Gasteiger partial charge in [0.15, 0.2) is 0 Å². The van der Waals surface area contributed by atoms with Crippen molar-refractivity contribution < 1.29 is 14.3 Å². The van der Waals surface area contributed by atoms with Crippen molar-refractivity contribution in [2.75, 3.05) is 27.3 Å². The normalized spacial score (nSPS) is 16.9. The molecule has 0 N–H and O–H groups in total. The molecule has 26 heavy (non-hydrogen) atoms. The molecule has 0 atom stereocenters. The molecule has 0 bridgehead atoms. The number of Topliss-reactive ketones (excluding diaryl/α,β-unsaturated/α-hetero) is 1. The molecule has 3 rings (SSSR count). The van der Waals surface area contributed by atoms with E-state index < -0.39 is 0 Å². The Morgan fingerprint density at radius 2 is 1.73 bits per heavy atom. The van der Waals surface area contributed by atoms with E-state index in [4.69, 9.17) is 9.47 Å². The van der Waals surface area contributed by atoms with Gasteiger partial charge in [-0.3, -0.25) is 9.69 Å². The number of benzene rings is 2. The first-order valence-corrected chi connectivity index (χ1v) is 9.09. The Morgan fingerprint density at radius 1 is 1.04 bits per heavy atom. The third kappa shape index (κ3) is 3.61. The Bertz CT molecular complexity index is 749. The average Bonchev–Trinajstić information content (AvgIpc) is 2.69. The molecule has 1 saturated heterocycles. The zero-order valence-corrected chi connectivity index (χ0v) is 15.8. The number of methoxy groups -OCH3 is 2. The van der Waals surface area contributed by atoms with Crippen LogP contribution in [0.4, 0.5) is 0 Å². The van der Waals surface area contributed by atoms with E-state index in [9.17, 15) is 4.79 Å². The van der Waals surface area contributed by atoms with E-state index >= 15 is 0 Å². The van der Waals surface area contributed by atoms with Gasteiger partial charge in [0.25, 0.3) is 0 Å². The van der Waals surface area contributed by atoms with Gasteiger partial charge in [0.2, 0.25) is 0 Å². The van der Waals surface area contributed by atoms with Gasteiger partial charge in [0.05, 0.1) is 19.6 Å². The molecule has 0 radical (unpaired) electrons. The molecule has 0 unspecified atom stereocenters. The van der Waals surface area contributed by atoms with Crippen LogP contribution in [0.5, 0.6) is 11.5 Å². The summed E-state index contributed by atoms with van der Waals surface area (Å²) in [7, 11) is 3.34. The van der Waals surface area contributed by atoms with Crippen LogP contribution >= 0.6 is 0 Å². The molecule has 4 nitrogen and oxygen atoms in total. The molecule has 1 heterocycles. The Balaban J connectivity index is 1.73. The number of carbonyl (C=O) groups excluding carboxylic acids is 1. The van der Waals surface area contributed by atoms with E-state index in [1.54, 1.807) is 21.1 Å². The Labute approximate surface area is 155 Å². The smallest absolute Gasteiger partial charge is 0.140 e. The minimum atomic E-state index is -0.345. The second kappa shape index (κ2) is 7.92. The van der Waals surface area contributed by atoms with Crippen molar-refractivity contribution in [1.82, 2.24) is 4.90 Å². The van der Waals surface area contributed by atoms with Gasteiger partial charge in [0, 0.05) is 18.2 Å². The summed E-state index contributed by atoms with van der Waals surface area (Å²) in [5, 5.41) is 0. The summed E-state index contributed by atoms with van der Waals surface area (Å²) in [5.41, 5.74) is 1.94. The van der Waals surface area contributed by atoms with E-state index in [2.05, 4.69) is 23.1 Å². The van der Waals surface area contributed by atoms with Crippen molar-refractivity contribution in [3.05, 3.63) is 59.7 Å². The molecule has 0 aliphatic carbocycles. The summed E-state index contributed by atoms with van der Waals surface area (Å²) in [6.07, 6.45) is 1.70. The van der Waals surface area contributed by atoms with Crippen LogP contribution in [0, 0.1) is 0 Å². The van der Waals surface area contributed by atoms with Gasteiger partial charge < -0.3 is 9.47 Å². The molecule has 0 aromatic heterocycles. The molecule has 1 aliphatic heterocycles. The molecule has 0 saturated carbocycles. The van der Waals surface area contributed by atoms with Crippen molar-refractivity contribution in [3.8, 4) is 11.5 Å². The number of nitrogens with zero attached hydrogens (tertiary/aromatic N) is 1. The van der Waals surface area contributed by atoms with Crippen molar-refractivity contribution in [1.29, 1.82) is 0 Å². The zero-order valence-electron chi connectivity index (χ0n) is 15.8. The average molecular weight is 353 g/mol. The Hall–Kier alpha value is -2.33. The van der Waals surface area contributed by atoms with Gasteiger partial charge in [-0.1, -0.05) is 36.4 Å². The van der Waals surface area contributed by atoms with E-state index in [-0.39, 0.29) is 11.2 Å². The number of ketones is 1. The third-order valence-electron chi connectivity index (χ3n) is 5.60. The molecule has 0 amide bonds. The third-order valence-corrected chi connectivity index (χ3v) is 5.60. The van der Waals surface area contributed by atoms with Gasteiger partial charge in [0.1, 0.15) is 17.3 Å². The highest BCUT2D eigenvalue weighted by Crippen LogP contribution is 2.37. The van der Waals surface area contributed by atoms with Gasteiger partial charge >= 0.3 is 0 Å². The van der Waals surface area contributed by atoms with Gasteiger partial charge in [-0.25, -0.2) is 0 Å². The lowest BCUT2D eigenvalue weighted by molar-refractivity contribution is -0.124. The highest BCUT2D eigenvalue weighted by Gasteiger charge is 2.40. The highest BCUT2D eigenvalue weighted by molar-refractivity contribution is 5.88. The van der Waals surface area contributed by atoms with E-state index in [0.29, 0.717) is 0 Å². The van der Waals surface area contributed by atoms with Crippen molar-refractivity contribution in [3.63, 3.8) is 0 Å². The molecule has 2 aromatic rings. The summed E-state index contributed by atoms with van der Waals surface area (Å²) in [5.74, 6) is 1.91. The number of carbonyl (C=O) groups is 1. The fourth-order valence-corrected chi connectivity index (χ4v) is 3.92. The summed E-state index contributed by atoms with van der Waals surface area (Å²) in [4.78, 5) is 14.9. The van der Waals surface area contributed by atoms with Crippen LogP contribution in [-0.4, -0.2) is 38.0 Å². The maximum absolute atomic E-state index is 12.5. The summed E-state index contributed by atoms with van der Waals surface area (Å²) in [6, 6.07) is 16.2. The Morgan fingerprint density at radius 3 is 2.31 bits per heavy atom. The monoisotopic (exact) mass is 353 g/mol. The van der Waals surface area contributed by atoms with E-state index in [1.165, 1.54) is 0 Å². The molecule has 1 fully saturated rings. The largest absolute Gasteiger partial charge is 0.497 e. The molecule has 0 spiro atoms. The summed E-state index contributed by atoms with van der Waals surface area (Å²) < 4.78 is 10.8. The SMILES string of the molecule is COc1ccc(CN2CCC(C(C)=O)(c3ccccc3)CC2)c(OC)c1. The fourth-order valence-electron chi connectivity index (χ4n) is 3.92. The van der Waals surface area contributed by atoms with Crippen LogP contribution in [0.2, 0.25) is 0 Å².